The Balaban J connectivity index is 2.05. The van der Waals surface area contributed by atoms with Gasteiger partial charge in [0, 0.05) is 18.7 Å². The minimum Gasteiger partial charge on any atom is -0.491 e. The van der Waals surface area contributed by atoms with E-state index in [9.17, 15) is 14.0 Å². The van der Waals surface area contributed by atoms with Crippen molar-refractivity contribution in [3.8, 4) is 5.75 Å². The van der Waals surface area contributed by atoms with Crippen LogP contribution in [0.5, 0.6) is 5.75 Å². The molecule has 0 saturated carbocycles. The number of nitrogens with one attached hydrogen (secondary N) is 1. The van der Waals surface area contributed by atoms with Gasteiger partial charge in [0.15, 0.2) is 0 Å². The van der Waals surface area contributed by atoms with E-state index in [-0.39, 0.29) is 17.7 Å². The molecule has 0 atom stereocenters. The first-order valence-electron chi connectivity index (χ1n) is 8.53. The number of aryl methyl sites for hydroxylation is 1. The van der Waals surface area contributed by atoms with Crippen LogP contribution in [-0.4, -0.2) is 36.8 Å². The van der Waals surface area contributed by atoms with Crippen molar-refractivity contribution in [3.05, 3.63) is 64.5 Å². The lowest BCUT2D eigenvalue weighted by molar-refractivity contribution is 0.0695. The van der Waals surface area contributed by atoms with Gasteiger partial charge in [-0.15, -0.1) is 0 Å². The zero-order valence-electron chi connectivity index (χ0n) is 15.3. The monoisotopic (exact) mass is 375 g/mol. The van der Waals surface area contributed by atoms with Crippen molar-refractivity contribution in [1.82, 2.24) is 5.32 Å². The first-order valence-corrected chi connectivity index (χ1v) is 8.53. The van der Waals surface area contributed by atoms with E-state index in [4.69, 9.17) is 14.6 Å². The summed E-state index contributed by atoms with van der Waals surface area (Å²) >= 11 is 0. The second-order valence-corrected chi connectivity index (χ2v) is 5.84. The normalized spacial score (nSPS) is 10.5. The molecule has 27 heavy (non-hydrogen) atoms. The van der Waals surface area contributed by atoms with Crippen LogP contribution in [0.3, 0.4) is 0 Å². The topological polar surface area (TPSA) is 84.9 Å². The Hall–Kier alpha value is -2.93. The molecular weight excluding hydrogens is 353 g/mol. The number of amides is 1. The van der Waals surface area contributed by atoms with Gasteiger partial charge in [-0.3, -0.25) is 4.79 Å². The van der Waals surface area contributed by atoms with Gasteiger partial charge in [0.2, 0.25) is 0 Å². The van der Waals surface area contributed by atoms with Gasteiger partial charge in [0.05, 0.1) is 17.7 Å². The zero-order chi connectivity index (χ0) is 19.8. The quantitative estimate of drug-likeness (QED) is 0.658. The third-order valence-corrected chi connectivity index (χ3v) is 3.81. The minimum atomic E-state index is -1.26. The van der Waals surface area contributed by atoms with E-state index in [0.29, 0.717) is 25.6 Å². The molecule has 0 radical (unpaired) electrons. The number of benzene rings is 2. The van der Waals surface area contributed by atoms with Crippen molar-refractivity contribution in [1.29, 1.82) is 0 Å². The number of hydrogen-bond donors (Lipinski definition) is 2. The van der Waals surface area contributed by atoms with E-state index in [0.717, 1.165) is 23.3 Å². The summed E-state index contributed by atoms with van der Waals surface area (Å²) in [6.07, 6.45) is 0. The smallest absolute Gasteiger partial charge is 0.335 e. The lowest BCUT2D eigenvalue weighted by Gasteiger charge is -2.13. The number of carboxylic acid groups (broad SMARTS) is 1. The first-order chi connectivity index (χ1) is 12.9. The average molecular weight is 375 g/mol. The molecule has 7 heteroatoms. The van der Waals surface area contributed by atoms with E-state index < -0.39 is 17.7 Å². The maximum atomic E-state index is 14.0. The van der Waals surface area contributed by atoms with E-state index in [1.54, 1.807) is 0 Å². The Bertz CT molecular complexity index is 822. The molecule has 0 aromatic heterocycles. The van der Waals surface area contributed by atoms with Gasteiger partial charge in [-0.1, -0.05) is 12.1 Å². The molecule has 0 aliphatic rings. The van der Waals surface area contributed by atoms with Gasteiger partial charge >= 0.3 is 5.97 Å². The van der Waals surface area contributed by atoms with Crippen molar-refractivity contribution < 1.29 is 28.6 Å². The summed E-state index contributed by atoms with van der Waals surface area (Å²) in [5, 5.41) is 11.5. The summed E-state index contributed by atoms with van der Waals surface area (Å²) in [5.41, 5.74) is 1.32. The Morgan fingerprint density at radius 2 is 1.93 bits per heavy atom. The lowest BCUT2D eigenvalue weighted by Crippen LogP contribution is -2.24. The van der Waals surface area contributed by atoms with Gasteiger partial charge in [-0.2, -0.15) is 0 Å². The third kappa shape index (κ3) is 5.79. The maximum absolute atomic E-state index is 14.0. The van der Waals surface area contributed by atoms with Crippen molar-refractivity contribution in [2.75, 3.05) is 19.8 Å². The van der Waals surface area contributed by atoms with Crippen LogP contribution < -0.4 is 10.1 Å². The largest absolute Gasteiger partial charge is 0.491 e. The van der Waals surface area contributed by atoms with Crippen LogP contribution in [0.1, 0.15) is 38.8 Å². The highest BCUT2D eigenvalue weighted by molar-refractivity contribution is 5.96. The highest BCUT2D eigenvalue weighted by Gasteiger charge is 2.15. The van der Waals surface area contributed by atoms with Crippen LogP contribution >= 0.6 is 0 Å². The fraction of sp³-hybridized carbons (Fsp3) is 0.300. The molecule has 0 heterocycles. The summed E-state index contributed by atoms with van der Waals surface area (Å²) in [4.78, 5) is 23.1. The van der Waals surface area contributed by atoms with E-state index in [1.165, 1.54) is 6.07 Å². The molecule has 2 N–H and O–H groups in total. The molecule has 0 spiro atoms. The van der Waals surface area contributed by atoms with E-state index in [2.05, 4.69) is 5.32 Å². The highest BCUT2D eigenvalue weighted by atomic mass is 19.1. The average Bonchev–Trinajstić information content (AvgIpc) is 2.64. The Morgan fingerprint density at radius 3 is 2.59 bits per heavy atom. The van der Waals surface area contributed by atoms with Gasteiger partial charge in [-0.05, 0) is 43.7 Å². The highest BCUT2D eigenvalue weighted by Crippen LogP contribution is 2.20. The lowest BCUT2D eigenvalue weighted by atomic mass is 10.1. The number of carbonyl (C=O) groups is 2. The molecule has 144 valence electrons. The van der Waals surface area contributed by atoms with Crippen LogP contribution in [0.15, 0.2) is 36.4 Å². The molecule has 0 bridgehead atoms. The molecule has 0 aliphatic heterocycles. The Kier molecular flexibility index (Phi) is 7.31. The fourth-order valence-electron chi connectivity index (χ4n) is 2.40. The number of carbonyl (C=O) groups excluding carboxylic acids is 1. The predicted octanol–water partition coefficient (Wildman–Crippen LogP) is 3.18. The molecule has 2 rings (SSSR count). The number of carboxylic acids is 1. The summed E-state index contributed by atoms with van der Waals surface area (Å²) in [7, 11) is 0. The number of halogens is 1. The maximum Gasteiger partial charge on any atom is 0.335 e. The Labute approximate surface area is 156 Å². The summed E-state index contributed by atoms with van der Waals surface area (Å²) in [6, 6.07) is 8.74. The Morgan fingerprint density at radius 1 is 1.15 bits per heavy atom. The van der Waals surface area contributed by atoms with Gasteiger partial charge < -0.3 is 19.9 Å². The van der Waals surface area contributed by atoms with Crippen LogP contribution in [0, 0.1) is 12.7 Å². The zero-order valence-corrected chi connectivity index (χ0v) is 15.3. The van der Waals surface area contributed by atoms with Crippen LogP contribution in [0.2, 0.25) is 0 Å². The number of aromatic carboxylic acids is 1. The molecule has 1 amide bonds. The van der Waals surface area contributed by atoms with E-state index in [1.807, 2.05) is 32.0 Å². The molecule has 6 nitrogen and oxygen atoms in total. The fourth-order valence-corrected chi connectivity index (χ4v) is 2.40. The molecule has 0 fully saturated rings. The van der Waals surface area contributed by atoms with Crippen molar-refractivity contribution >= 4 is 11.9 Å². The number of hydrogen-bond acceptors (Lipinski definition) is 4. The number of rotatable bonds is 9. The molecule has 0 aliphatic carbocycles. The van der Waals surface area contributed by atoms with Gasteiger partial charge in [0.1, 0.15) is 18.2 Å². The molecule has 2 aromatic rings. The second kappa shape index (κ2) is 9.68. The summed E-state index contributed by atoms with van der Waals surface area (Å²) in [6.45, 7) is 5.41. The first kappa shape index (κ1) is 20.4. The predicted molar refractivity (Wildman–Crippen MR) is 97.7 cm³/mol. The van der Waals surface area contributed by atoms with Crippen molar-refractivity contribution in [2.24, 2.45) is 0 Å². The van der Waals surface area contributed by atoms with Gasteiger partial charge in [0.25, 0.3) is 5.91 Å². The second-order valence-electron chi connectivity index (χ2n) is 5.84. The molecular formula is C20H22FNO5. The SMILES string of the molecule is CCOCCOc1cc(C)ccc1CNC(=O)c1ccc(C(=O)O)cc1F. The molecule has 0 saturated heterocycles. The van der Waals surface area contributed by atoms with E-state index >= 15 is 0 Å². The molecule has 0 unspecified atom stereocenters. The molecule has 2 aromatic carbocycles. The number of ether oxygens (including phenoxy) is 2. The van der Waals surface area contributed by atoms with Gasteiger partial charge in [-0.25, -0.2) is 9.18 Å². The minimum absolute atomic E-state index is 0.142. The standard InChI is InChI=1S/C20H22FNO5/c1-3-26-8-9-27-18-10-13(2)4-5-15(18)12-22-19(23)16-7-6-14(20(24)25)11-17(16)21/h4-7,10-11H,3,8-9,12H2,1-2H3,(H,22,23)(H,24,25). The van der Waals surface area contributed by atoms with Crippen LogP contribution in [0.4, 0.5) is 4.39 Å². The van der Waals surface area contributed by atoms with Crippen molar-refractivity contribution in [2.45, 2.75) is 20.4 Å². The summed E-state index contributed by atoms with van der Waals surface area (Å²) < 4.78 is 24.9. The van der Waals surface area contributed by atoms with Crippen molar-refractivity contribution in [3.63, 3.8) is 0 Å². The van der Waals surface area contributed by atoms with Crippen LogP contribution in [-0.2, 0) is 11.3 Å². The third-order valence-electron chi connectivity index (χ3n) is 3.81. The summed E-state index contributed by atoms with van der Waals surface area (Å²) in [5.74, 6) is -2.15. The van der Waals surface area contributed by atoms with Crippen LogP contribution in [0.25, 0.3) is 0 Å².